The Morgan fingerprint density at radius 1 is 1.24 bits per heavy atom. The molecule has 2 atom stereocenters. The van der Waals surface area contributed by atoms with Crippen molar-refractivity contribution in [2.24, 2.45) is 0 Å². The Morgan fingerprint density at radius 2 is 2.05 bits per heavy atom. The van der Waals surface area contributed by atoms with Gasteiger partial charge < -0.3 is 4.90 Å². The van der Waals surface area contributed by atoms with Crippen LogP contribution in [0.2, 0.25) is 0 Å². The number of amides is 1. The van der Waals surface area contributed by atoms with E-state index >= 15 is 0 Å². The SMILES string of the molecule is O=C1C2CSC(c3ccsc3)N2C(=S)N1C1CCCCC1. The van der Waals surface area contributed by atoms with Crippen molar-refractivity contribution < 1.29 is 4.79 Å². The molecule has 2 aliphatic heterocycles. The van der Waals surface area contributed by atoms with Crippen LogP contribution in [0.3, 0.4) is 0 Å². The Kier molecular flexibility index (Phi) is 3.71. The molecular formula is C15H18N2OS3. The van der Waals surface area contributed by atoms with E-state index in [1.807, 2.05) is 16.7 Å². The van der Waals surface area contributed by atoms with Crippen LogP contribution in [0.4, 0.5) is 0 Å². The highest BCUT2D eigenvalue weighted by Gasteiger charge is 2.52. The summed E-state index contributed by atoms with van der Waals surface area (Å²) in [6.07, 6.45) is 5.98. The summed E-state index contributed by atoms with van der Waals surface area (Å²) in [6.45, 7) is 0. The molecule has 4 rings (SSSR count). The van der Waals surface area contributed by atoms with Crippen molar-refractivity contribution in [1.29, 1.82) is 0 Å². The van der Waals surface area contributed by atoms with E-state index in [9.17, 15) is 4.79 Å². The molecule has 3 fully saturated rings. The summed E-state index contributed by atoms with van der Waals surface area (Å²) in [6, 6.07) is 2.47. The molecule has 1 saturated carbocycles. The largest absolute Gasteiger partial charge is 0.320 e. The number of hydrogen-bond donors (Lipinski definition) is 0. The number of fused-ring (bicyclic) bond motifs is 1. The van der Waals surface area contributed by atoms with E-state index < -0.39 is 0 Å². The van der Waals surface area contributed by atoms with E-state index in [0.717, 1.165) is 23.7 Å². The van der Waals surface area contributed by atoms with Crippen LogP contribution < -0.4 is 0 Å². The lowest BCUT2D eigenvalue weighted by Gasteiger charge is -2.32. The first-order valence-electron chi connectivity index (χ1n) is 7.56. The Hall–Kier alpha value is -0.590. The molecule has 0 radical (unpaired) electrons. The lowest BCUT2D eigenvalue weighted by Crippen LogP contribution is -2.42. The summed E-state index contributed by atoms with van der Waals surface area (Å²) in [5.74, 6) is 1.11. The third-order valence-electron chi connectivity index (χ3n) is 4.72. The molecule has 0 spiro atoms. The van der Waals surface area contributed by atoms with Gasteiger partial charge in [0.05, 0.1) is 0 Å². The lowest BCUT2D eigenvalue weighted by atomic mass is 9.94. The number of rotatable bonds is 2. The second-order valence-corrected chi connectivity index (χ2v) is 8.21. The Morgan fingerprint density at radius 3 is 2.76 bits per heavy atom. The highest BCUT2D eigenvalue weighted by molar-refractivity contribution is 7.99. The quantitative estimate of drug-likeness (QED) is 0.769. The fourth-order valence-corrected chi connectivity index (χ4v) is 6.37. The Bertz CT molecular complexity index is 553. The smallest absolute Gasteiger partial charge is 0.252 e. The summed E-state index contributed by atoms with van der Waals surface area (Å²) in [5, 5.41) is 5.28. The van der Waals surface area contributed by atoms with E-state index in [0.29, 0.717) is 6.04 Å². The average molecular weight is 339 g/mol. The van der Waals surface area contributed by atoms with Crippen molar-refractivity contribution >= 4 is 46.3 Å². The minimum atomic E-state index is -0.0330. The van der Waals surface area contributed by atoms with Crippen LogP contribution in [0.15, 0.2) is 16.8 Å². The van der Waals surface area contributed by atoms with Gasteiger partial charge in [-0.25, -0.2) is 0 Å². The topological polar surface area (TPSA) is 23.6 Å². The molecule has 1 aliphatic carbocycles. The van der Waals surface area contributed by atoms with Crippen LogP contribution in [0.1, 0.15) is 43.0 Å². The predicted molar refractivity (Wildman–Crippen MR) is 91.5 cm³/mol. The summed E-state index contributed by atoms with van der Waals surface area (Å²) in [4.78, 5) is 16.9. The van der Waals surface area contributed by atoms with Gasteiger partial charge in [0.15, 0.2) is 5.11 Å². The van der Waals surface area contributed by atoms with Crippen LogP contribution in [-0.2, 0) is 4.79 Å². The van der Waals surface area contributed by atoms with Gasteiger partial charge in [0.25, 0.3) is 5.91 Å². The fourth-order valence-electron chi connectivity index (χ4n) is 3.66. The second-order valence-electron chi connectivity index (χ2n) is 5.95. The fraction of sp³-hybridized carbons (Fsp3) is 0.600. The van der Waals surface area contributed by atoms with E-state index in [1.165, 1.54) is 24.8 Å². The molecule has 3 heterocycles. The van der Waals surface area contributed by atoms with Crippen LogP contribution in [0.25, 0.3) is 0 Å². The van der Waals surface area contributed by atoms with Crippen LogP contribution in [-0.4, -0.2) is 38.7 Å². The first kappa shape index (κ1) is 14.0. The van der Waals surface area contributed by atoms with E-state index in [2.05, 4.69) is 21.7 Å². The highest BCUT2D eigenvalue weighted by Crippen LogP contribution is 2.46. The number of thiocarbonyl (C=S) groups is 1. The van der Waals surface area contributed by atoms with Gasteiger partial charge in [-0.1, -0.05) is 19.3 Å². The van der Waals surface area contributed by atoms with E-state index in [-0.39, 0.29) is 17.3 Å². The van der Waals surface area contributed by atoms with Gasteiger partial charge in [0.1, 0.15) is 11.4 Å². The Labute approximate surface area is 138 Å². The van der Waals surface area contributed by atoms with Crippen molar-refractivity contribution in [2.75, 3.05) is 5.75 Å². The monoisotopic (exact) mass is 338 g/mol. The molecule has 0 N–H and O–H groups in total. The molecule has 1 amide bonds. The molecule has 2 unspecified atom stereocenters. The van der Waals surface area contributed by atoms with E-state index in [1.54, 1.807) is 11.3 Å². The molecule has 1 aromatic rings. The van der Waals surface area contributed by atoms with Crippen molar-refractivity contribution in [1.82, 2.24) is 9.80 Å². The molecule has 3 nitrogen and oxygen atoms in total. The van der Waals surface area contributed by atoms with Crippen molar-refractivity contribution in [3.63, 3.8) is 0 Å². The zero-order valence-corrected chi connectivity index (χ0v) is 14.2. The predicted octanol–water partition coefficient (Wildman–Crippen LogP) is 3.62. The van der Waals surface area contributed by atoms with Crippen LogP contribution >= 0.6 is 35.3 Å². The van der Waals surface area contributed by atoms with Gasteiger partial charge in [-0.2, -0.15) is 11.3 Å². The van der Waals surface area contributed by atoms with Gasteiger partial charge >= 0.3 is 0 Å². The van der Waals surface area contributed by atoms with Gasteiger partial charge in [0, 0.05) is 11.8 Å². The highest BCUT2D eigenvalue weighted by atomic mass is 32.2. The van der Waals surface area contributed by atoms with Crippen LogP contribution in [0, 0.1) is 0 Å². The maximum Gasteiger partial charge on any atom is 0.252 e. The summed E-state index contributed by atoms with van der Waals surface area (Å²) in [5.41, 5.74) is 1.29. The third kappa shape index (κ3) is 2.23. The summed E-state index contributed by atoms with van der Waals surface area (Å²) < 4.78 is 0. The first-order chi connectivity index (χ1) is 10.3. The molecule has 3 aliphatic rings. The molecule has 0 bridgehead atoms. The first-order valence-corrected chi connectivity index (χ1v) is 9.96. The molecule has 6 heteroatoms. The van der Waals surface area contributed by atoms with Gasteiger partial charge in [-0.3, -0.25) is 9.69 Å². The standard InChI is InChI=1S/C15H18N2OS3/c18-13-12-9-21-14(10-6-7-20-8-10)17(12)15(19)16(13)11-4-2-1-3-5-11/h6-8,11-12,14H,1-5,9H2. The summed E-state index contributed by atoms with van der Waals surface area (Å²) in [7, 11) is 0. The maximum absolute atomic E-state index is 12.8. The Balaban J connectivity index is 1.61. The van der Waals surface area contributed by atoms with Crippen molar-refractivity contribution in [3.8, 4) is 0 Å². The summed E-state index contributed by atoms with van der Waals surface area (Å²) >= 11 is 9.26. The molecule has 112 valence electrons. The lowest BCUT2D eigenvalue weighted by molar-refractivity contribution is -0.129. The minimum Gasteiger partial charge on any atom is -0.320 e. The molecule has 2 saturated heterocycles. The third-order valence-corrected chi connectivity index (χ3v) is 7.15. The number of nitrogens with zero attached hydrogens (tertiary/aromatic N) is 2. The molecular weight excluding hydrogens is 320 g/mol. The second kappa shape index (κ2) is 5.56. The molecule has 1 aromatic heterocycles. The molecule has 0 aromatic carbocycles. The van der Waals surface area contributed by atoms with E-state index in [4.69, 9.17) is 12.2 Å². The zero-order chi connectivity index (χ0) is 14.4. The number of carbonyl (C=O) groups excluding carboxylic acids is 1. The minimum absolute atomic E-state index is 0.0330. The van der Waals surface area contributed by atoms with Crippen LogP contribution in [0.5, 0.6) is 0 Å². The number of hydrogen-bond acceptors (Lipinski definition) is 4. The average Bonchev–Trinajstić information content (AvgIpc) is 3.20. The normalized spacial score (nSPS) is 30.3. The number of thiophene rings is 1. The number of thioether (sulfide) groups is 1. The van der Waals surface area contributed by atoms with Crippen molar-refractivity contribution in [3.05, 3.63) is 22.4 Å². The molecule has 21 heavy (non-hydrogen) atoms. The zero-order valence-electron chi connectivity index (χ0n) is 11.7. The number of carbonyl (C=O) groups is 1. The van der Waals surface area contributed by atoms with Gasteiger partial charge in [-0.05, 0) is 47.4 Å². The van der Waals surface area contributed by atoms with Gasteiger partial charge in [-0.15, -0.1) is 11.8 Å². The van der Waals surface area contributed by atoms with Crippen molar-refractivity contribution in [2.45, 2.75) is 49.6 Å². The van der Waals surface area contributed by atoms with Gasteiger partial charge in [0.2, 0.25) is 0 Å². The maximum atomic E-state index is 12.8.